The fourth-order valence-electron chi connectivity index (χ4n) is 2.57. The van der Waals surface area contributed by atoms with Crippen LogP contribution in [0.2, 0.25) is 0 Å². The van der Waals surface area contributed by atoms with Crippen molar-refractivity contribution < 1.29 is 23.4 Å². The Hall–Kier alpha value is -2.38. The van der Waals surface area contributed by atoms with Gasteiger partial charge in [-0.3, -0.25) is 0 Å². The molecule has 25 heavy (non-hydrogen) atoms. The van der Waals surface area contributed by atoms with Gasteiger partial charge in [0, 0.05) is 6.04 Å². The van der Waals surface area contributed by atoms with Gasteiger partial charge in [0.15, 0.2) is 0 Å². The number of sulfone groups is 1. The lowest BCUT2D eigenvalue weighted by Gasteiger charge is -2.11. The van der Waals surface area contributed by atoms with Gasteiger partial charge in [-0.25, -0.2) is 13.2 Å². The number of aromatic hydroxyl groups is 1. The molecule has 0 aromatic heterocycles. The van der Waals surface area contributed by atoms with E-state index in [2.05, 4.69) is 0 Å². The van der Waals surface area contributed by atoms with Gasteiger partial charge >= 0.3 is 5.97 Å². The first kappa shape index (κ1) is 19.0. The number of carbonyl (C=O) groups is 1. The van der Waals surface area contributed by atoms with E-state index in [1.807, 2.05) is 6.92 Å². The summed E-state index contributed by atoms with van der Waals surface area (Å²) in [5, 5.41) is 19.2. The molecule has 134 valence electrons. The van der Waals surface area contributed by atoms with Crippen LogP contribution in [0.4, 0.5) is 0 Å². The number of carboxylic acid groups (broad SMARTS) is 1. The average molecular weight is 363 g/mol. The van der Waals surface area contributed by atoms with Crippen LogP contribution in [0, 0.1) is 0 Å². The highest BCUT2D eigenvalue weighted by Gasteiger charge is 2.23. The van der Waals surface area contributed by atoms with Crippen LogP contribution in [0.3, 0.4) is 0 Å². The van der Waals surface area contributed by atoms with Crippen molar-refractivity contribution in [1.82, 2.24) is 0 Å². The molecule has 2 aromatic carbocycles. The molecule has 2 rings (SSSR count). The summed E-state index contributed by atoms with van der Waals surface area (Å²) in [4.78, 5) is 11.2. The summed E-state index contributed by atoms with van der Waals surface area (Å²) in [6.07, 6.45) is 0.936. The number of nitrogens with two attached hydrogens (primary N) is 1. The Labute approximate surface area is 146 Å². The van der Waals surface area contributed by atoms with Crippen LogP contribution in [-0.4, -0.2) is 30.6 Å². The summed E-state index contributed by atoms with van der Waals surface area (Å²) in [6, 6.07) is 8.60. The Bertz CT molecular complexity index is 886. The highest BCUT2D eigenvalue weighted by molar-refractivity contribution is 7.91. The zero-order chi connectivity index (χ0) is 18.8. The first-order chi connectivity index (χ1) is 11.7. The van der Waals surface area contributed by atoms with E-state index in [0.29, 0.717) is 12.8 Å². The number of hydrogen-bond donors (Lipinski definition) is 3. The van der Waals surface area contributed by atoms with Crippen LogP contribution >= 0.6 is 0 Å². The van der Waals surface area contributed by atoms with Gasteiger partial charge in [-0.2, -0.15) is 0 Å². The Balaban J connectivity index is 2.52. The fourth-order valence-corrected chi connectivity index (χ4v) is 3.90. The molecular weight excluding hydrogens is 342 g/mol. The zero-order valence-corrected chi connectivity index (χ0v) is 14.9. The van der Waals surface area contributed by atoms with Gasteiger partial charge in [-0.05, 0) is 55.2 Å². The quantitative estimate of drug-likeness (QED) is 0.725. The van der Waals surface area contributed by atoms with E-state index in [1.165, 1.54) is 18.2 Å². The maximum Gasteiger partial charge on any atom is 0.339 e. The van der Waals surface area contributed by atoms with Crippen LogP contribution in [0.25, 0.3) is 0 Å². The van der Waals surface area contributed by atoms with Gasteiger partial charge in [0.05, 0.1) is 9.79 Å². The van der Waals surface area contributed by atoms with Gasteiger partial charge in [0.25, 0.3) is 0 Å². The molecule has 6 nitrogen and oxygen atoms in total. The minimum absolute atomic E-state index is 0.0372. The number of phenols is 1. The Kier molecular flexibility index (Phi) is 5.49. The second-order valence-electron chi connectivity index (χ2n) is 5.97. The number of aromatic carboxylic acids is 1. The summed E-state index contributed by atoms with van der Waals surface area (Å²) >= 11 is 0. The van der Waals surface area contributed by atoms with Gasteiger partial charge in [0.1, 0.15) is 11.3 Å². The third kappa shape index (κ3) is 4.00. The largest absolute Gasteiger partial charge is 0.507 e. The Morgan fingerprint density at radius 2 is 1.76 bits per heavy atom. The smallest absolute Gasteiger partial charge is 0.339 e. The van der Waals surface area contributed by atoms with Crippen molar-refractivity contribution in [3.8, 4) is 5.75 Å². The third-order valence-electron chi connectivity index (χ3n) is 3.88. The van der Waals surface area contributed by atoms with Crippen molar-refractivity contribution in [1.29, 1.82) is 0 Å². The standard InChI is InChI=1S/C18H21NO5S/c1-3-13-9-15(10-16(17(13)20)18(21)22)25(23,24)14-6-4-12(5-7-14)8-11(2)19/h4-7,9-11,20H,3,8,19H2,1-2H3,(H,21,22)/t11-/m1/s1. The molecule has 0 fully saturated rings. The monoisotopic (exact) mass is 363 g/mol. The minimum atomic E-state index is -3.90. The van der Waals surface area contributed by atoms with Crippen molar-refractivity contribution in [3.63, 3.8) is 0 Å². The molecule has 0 aliphatic carbocycles. The lowest BCUT2D eigenvalue weighted by atomic mass is 10.1. The number of carboxylic acids is 1. The predicted molar refractivity (Wildman–Crippen MR) is 93.7 cm³/mol. The highest BCUT2D eigenvalue weighted by Crippen LogP contribution is 2.30. The average Bonchev–Trinajstić information content (AvgIpc) is 2.54. The molecule has 0 unspecified atom stereocenters. The Morgan fingerprint density at radius 1 is 1.16 bits per heavy atom. The second-order valence-corrected chi connectivity index (χ2v) is 7.92. The number of aryl methyl sites for hydroxylation is 1. The molecule has 0 aliphatic heterocycles. The van der Waals surface area contributed by atoms with E-state index >= 15 is 0 Å². The van der Waals surface area contributed by atoms with Crippen molar-refractivity contribution in [2.75, 3.05) is 0 Å². The minimum Gasteiger partial charge on any atom is -0.507 e. The number of hydrogen-bond acceptors (Lipinski definition) is 5. The summed E-state index contributed by atoms with van der Waals surface area (Å²) in [5.41, 5.74) is 6.50. The summed E-state index contributed by atoms with van der Waals surface area (Å²) in [7, 11) is -3.90. The molecule has 0 aliphatic rings. The van der Waals surface area contributed by atoms with Gasteiger partial charge in [0.2, 0.25) is 9.84 Å². The zero-order valence-electron chi connectivity index (χ0n) is 14.1. The number of rotatable bonds is 6. The molecule has 4 N–H and O–H groups in total. The molecule has 0 radical (unpaired) electrons. The molecule has 2 aromatic rings. The van der Waals surface area contributed by atoms with Crippen molar-refractivity contribution in [2.45, 2.75) is 42.5 Å². The van der Waals surface area contributed by atoms with E-state index < -0.39 is 27.1 Å². The first-order valence-corrected chi connectivity index (χ1v) is 9.34. The van der Waals surface area contributed by atoms with Gasteiger partial charge < -0.3 is 15.9 Å². The Morgan fingerprint density at radius 3 is 2.24 bits per heavy atom. The SMILES string of the molecule is CCc1cc(S(=O)(=O)c2ccc(C[C@@H](C)N)cc2)cc(C(=O)O)c1O. The molecule has 0 spiro atoms. The molecule has 0 heterocycles. The van der Waals surface area contributed by atoms with Crippen molar-refractivity contribution in [2.24, 2.45) is 5.73 Å². The van der Waals surface area contributed by atoms with Crippen LogP contribution in [-0.2, 0) is 22.7 Å². The van der Waals surface area contributed by atoms with Crippen molar-refractivity contribution in [3.05, 3.63) is 53.1 Å². The molecule has 0 saturated carbocycles. The maximum absolute atomic E-state index is 12.8. The lowest BCUT2D eigenvalue weighted by Crippen LogP contribution is -2.17. The predicted octanol–water partition coefficient (Wildman–Crippen LogP) is 2.38. The maximum atomic E-state index is 12.8. The molecular formula is C18H21NO5S. The van der Waals surface area contributed by atoms with Crippen LogP contribution < -0.4 is 5.73 Å². The summed E-state index contributed by atoms with van der Waals surface area (Å²) in [6.45, 7) is 3.57. The topological polar surface area (TPSA) is 118 Å². The molecule has 0 saturated heterocycles. The summed E-state index contributed by atoms with van der Waals surface area (Å²) < 4.78 is 25.6. The lowest BCUT2D eigenvalue weighted by molar-refractivity contribution is 0.0693. The van der Waals surface area contributed by atoms with E-state index in [1.54, 1.807) is 19.1 Å². The second kappa shape index (κ2) is 7.25. The molecule has 1 atom stereocenters. The van der Waals surface area contributed by atoms with Crippen LogP contribution in [0.15, 0.2) is 46.2 Å². The number of benzene rings is 2. The molecule has 0 amide bonds. The van der Waals surface area contributed by atoms with Crippen LogP contribution in [0.1, 0.15) is 35.3 Å². The summed E-state index contributed by atoms with van der Waals surface area (Å²) in [5.74, 6) is -1.78. The highest BCUT2D eigenvalue weighted by atomic mass is 32.2. The van der Waals surface area contributed by atoms with E-state index in [0.717, 1.165) is 11.6 Å². The van der Waals surface area contributed by atoms with E-state index in [9.17, 15) is 23.4 Å². The fraction of sp³-hybridized carbons (Fsp3) is 0.278. The van der Waals surface area contributed by atoms with Crippen LogP contribution in [0.5, 0.6) is 5.75 Å². The molecule has 7 heteroatoms. The first-order valence-electron chi connectivity index (χ1n) is 7.85. The normalized spacial score (nSPS) is 12.8. The molecule has 0 bridgehead atoms. The van der Waals surface area contributed by atoms with Gasteiger partial charge in [-0.15, -0.1) is 0 Å². The van der Waals surface area contributed by atoms with Crippen molar-refractivity contribution >= 4 is 15.8 Å². The van der Waals surface area contributed by atoms with E-state index in [4.69, 9.17) is 5.73 Å². The van der Waals surface area contributed by atoms with E-state index in [-0.39, 0.29) is 21.4 Å². The third-order valence-corrected chi connectivity index (χ3v) is 5.62. The van der Waals surface area contributed by atoms with Gasteiger partial charge in [-0.1, -0.05) is 19.1 Å².